The van der Waals surface area contributed by atoms with Gasteiger partial charge >= 0.3 is 0 Å². The summed E-state index contributed by atoms with van der Waals surface area (Å²) in [5, 5.41) is 14.3. The standard InChI is InChI=1S/C15H15N5O2S2/c1-2-23-15-20-19-14(24-15)18-12(21)8-17-13(22)10-7-16-11-6-4-3-5-9(10)11/h3-7,16H,2,8H2,1H3,(H,17,22)(H,18,19,21). The third-order valence-electron chi connectivity index (χ3n) is 3.16. The number of thioether (sulfide) groups is 1. The number of aromatic nitrogens is 3. The summed E-state index contributed by atoms with van der Waals surface area (Å²) in [6, 6.07) is 7.50. The summed E-state index contributed by atoms with van der Waals surface area (Å²) in [7, 11) is 0. The lowest BCUT2D eigenvalue weighted by Crippen LogP contribution is -2.32. The van der Waals surface area contributed by atoms with Crippen LogP contribution in [0.15, 0.2) is 34.8 Å². The van der Waals surface area contributed by atoms with E-state index in [4.69, 9.17) is 0 Å². The number of benzene rings is 1. The Bertz CT molecular complexity index is 874. The Kier molecular flexibility index (Phi) is 5.11. The van der Waals surface area contributed by atoms with Gasteiger partial charge in [-0.1, -0.05) is 48.2 Å². The van der Waals surface area contributed by atoms with Crippen LogP contribution < -0.4 is 10.6 Å². The highest BCUT2D eigenvalue weighted by atomic mass is 32.2. The Morgan fingerprint density at radius 2 is 2.12 bits per heavy atom. The molecule has 0 unspecified atom stereocenters. The topological polar surface area (TPSA) is 99.8 Å². The van der Waals surface area contributed by atoms with Crippen LogP contribution in [-0.2, 0) is 4.79 Å². The van der Waals surface area contributed by atoms with Crippen LogP contribution in [0.1, 0.15) is 17.3 Å². The highest BCUT2D eigenvalue weighted by Gasteiger charge is 2.13. The molecule has 0 atom stereocenters. The molecule has 7 nitrogen and oxygen atoms in total. The van der Waals surface area contributed by atoms with E-state index >= 15 is 0 Å². The second-order valence-electron chi connectivity index (χ2n) is 4.78. The van der Waals surface area contributed by atoms with Gasteiger partial charge in [-0.3, -0.25) is 14.9 Å². The highest BCUT2D eigenvalue weighted by molar-refractivity contribution is 8.01. The molecule has 0 bridgehead atoms. The van der Waals surface area contributed by atoms with E-state index in [0.717, 1.165) is 21.0 Å². The fourth-order valence-electron chi connectivity index (χ4n) is 2.12. The van der Waals surface area contributed by atoms with Crippen molar-refractivity contribution in [3.05, 3.63) is 36.0 Å². The quantitative estimate of drug-likeness (QED) is 0.463. The summed E-state index contributed by atoms with van der Waals surface area (Å²) in [6.45, 7) is 1.89. The number of carbonyl (C=O) groups excluding carboxylic acids is 2. The van der Waals surface area contributed by atoms with E-state index in [9.17, 15) is 9.59 Å². The van der Waals surface area contributed by atoms with Crippen LogP contribution in [0.5, 0.6) is 0 Å². The number of nitrogens with one attached hydrogen (secondary N) is 3. The normalized spacial score (nSPS) is 10.7. The zero-order chi connectivity index (χ0) is 16.9. The number of aromatic amines is 1. The van der Waals surface area contributed by atoms with E-state index in [-0.39, 0.29) is 18.4 Å². The number of carbonyl (C=O) groups is 2. The zero-order valence-corrected chi connectivity index (χ0v) is 14.5. The molecule has 3 N–H and O–H groups in total. The number of amides is 2. The van der Waals surface area contributed by atoms with E-state index < -0.39 is 0 Å². The van der Waals surface area contributed by atoms with Crippen molar-refractivity contribution in [2.75, 3.05) is 17.6 Å². The average molecular weight is 361 g/mol. The first kappa shape index (κ1) is 16.5. The molecule has 0 radical (unpaired) electrons. The lowest BCUT2D eigenvalue weighted by Gasteiger charge is -2.04. The minimum Gasteiger partial charge on any atom is -0.360 e. The second kappa shape index (κ2) is 7.45. The Hall–Kier alpha value is -2.39. The Morgan fingerprint density at radius 1 is 1.29 bits per heavy atom. The predicted octanol–water partition coefficient (Wildman–Crippen LogP) is 2.50. The fraction of sp³-hybridized carbons (Fsp3) is 0.200. The van der Waals surface area contributed by atoms with Crippen LogP contribution in [0.25, 0.3) is 10.9 Å². The van der Waals surface area contributed by atoms with E-state index in [1.165, 1.54) is 11.3 Å². The SMILES string of the molecule is CCSc1nnc(NC(=O)CNC(=O)c2c[nH]c3ccccc23)s1. The van der Waals surface area contributed by atoms with Crippen LogP contribution in [0, 0.1) is 0 Å². The van der Waals surface area contributed by atoms with Crippen molar-refractivity contribution in [2.45, 2.75) is 11.3 Å². The first-order chi connectivity index (χ1) is 11.7. The highest BCUT2D eigenvalue weighted by Crippen LogP contribution is 2.24. The van der Waals surface area contributed by atoms with Crippen LogP contribution in [0.2, 0.25) is 0 Å². The summed E-state index contributed by atoms with van der Waals surface area (Å²) < 4.78 is 0.802. The Labute approximate surface area is 146 Å². The molecule has 0 saturated heterocycles. The summed E-state index contributed by atoms with van der Waals surface area (Å²) in [5.74, 6) is 0.248. The van der Waals surface area contributed by atoms with E-state index in [2.05, 4.69) is 25.8 Å². The lowest BCUT2D eigenvalue weighted by atomic mass is 10.1. The van der Waals surface area contributed by atoms with Gasteiger partial charge in [0.1, 0.15) is 0 Å². The van der Waals surface area contributed by atoms with Gasteiger partial charge in [-0.05, 0) is 11.8 Å². The predicted molar refractivity (Wildman–Crippen MR) is 95.6 cm³/mol. The van der Waals surface area contributed by atoms with Gasteiger partial charge in [0.15, 0.2) is 4.34 Å². The fourth-order valence-corrected chi connectivity index (χ4v) is 3.79. The molecule has 2 heterocycles. The van der Waals surface area contributed by atoms with Crippen LogP contribution in [0.3, 0.4) is 0 Å². The van der Waals surface area contributed by atoms with Crippen molar-refractivity contribution < 1.29 is 9.59 Å². The van der Waals surface area contributed by atoms with Gasteiger partial charge in [-0.2, -0.15) is 0 Å². The third kappa shape index (κ3) is 3.74. The molecule has 24 heavy (non-hydrogen) atoms. The number of hydrogen-bond acceptors (Lipinski definition) is 6. The number of anilines is 1. The van der Waals surface area contributed by atoms with Gasteiger partial charge < -0.3 is 10.3 Å². The van der Waals surface area contributed by atoms with Gasteiger partial charge in [0.2, 0.25) is 11.0 Å². The molecular weight excluding hydrogens is 346 g/mol. The van der Waals surface area contributed by atoms with Crippen molar-refractivity contribution >= 4 is 50.9 Å². The molecule has 2 amide bonds. The first-order valence-corrected chi connectivity index (χ1v) is 9.08. The number of nitrogens with zero attached hydrogens (tertiary/aromatic N) is 2. The molecule has 9 heteroatoms. The van der Waals surface area contributed by atoms with Gasteiger partial charge in [-0.25, -0.2) is 0 Å². The van der Waals surface area contributed by atoms with Gasteiger partial charge in [-0.15, -0.1) is 10.2 Å². The molecular formula is C15H15N5O2S2. The number of H-pyrrole nitrogens is 1. The Morgan fingerprint density at radius 3 is 2.96 bits per heavy atom. The maximum absolute atomic E-state index is 12.2. The molecule has 3 aromatic rings. The van der Waals surface area contributed by atoms with Crippen molar-refractivity contribution in [1.82, 2.24) is 20.5 Å². The molecule has 0 aliphatic carbocycles. The molecule has 0 spiro atoms. The van der Waals surface area contributed by atoms with E-state index in [0.29, 0.717) is 10.7 Å². The van der Waals surface area contributed by atoms with E-state index in [1.54, 1.807) is 18.0 Å². The molecule has 0 saturated carbocycles. The second-order valence-corrected chi connectivity index (χ2v) is 7.27. The average Bonchev–Trinajstić information content (AvgIpc) is 3.20. The molecule has 3 rings (SSSR count). The van der Waals surface area contributed by atoms with Crippen LogP contribution in [0.4, 0.5) is 5.13 Å². The van der Waals surface area contributed by atoms with Gasteiger partial charge in [0.25, 0.3) is 5.91 Å². The smallest absolute Gasteiger partial charge is 0.253 e. The summed E-state index contributed by atoms with van der Waals surface area (Å²) in [6.07, 6.45) is 1.64. The molecule has 0 fully saturated rings. The molecule has 2 aromatic heterocycles. The lowest BCUT2D eigenvalue weighted by molar-refractivity contribution is -0.115. The zero-order valence-electron chi connectivity index (χ0n) is 12.8. The van der Waals surface area contributed by atoms with Crippen LogP contribution >= 0.6 is 23.1 Å². The Balaban J connectivity index is 1.56. The number of hydrogen-bond donors (Lipinski definition) is 3. The van der Waals surface area contributed by atoms with Gasteiger partial charge in [0, 0.05) is 17.1 Å². The van der Waals surface area contributed by atoms with Crippen molar-refractivity contribution in [1.29, 1.82) is 0 Å². The number of rotatable bonds is 6. The summed E-state index contributed by atoms with van der Waals surface area (Å²) in [4.78, 5) is 27.2. The molecule has 1 aromatic carbocycles. The van der Waals surface area contributed by atoms with Crippen LogP contribution in [-0.4, -0.2) is 39.3 Å². The number of fused-ring (bicyclic) bond motifs is 1. The van der Waals surface area contributed by atoms with Crippen molar-refractivity contribution in [2.24, 2.45) is 0 Å². The molecule has 0 aliphatic heterocycles. The first-order valence-electron chi connectivity index (χ1n) is 7.28. The van der Waals surface area contributed by atoms with E-state index in [1.807, 2.05) is 31.2 Å². The number of para-hydroxylation sites is 1. The van der Waals surface area contributed by atoms with Crippen molar-refractivity contribution in [3.63, 3.8) is 0 Å². The minimum atomic E-state index is -0.340. The largest absolute Gasteiger partial charge is 0.360 e. The maximum Gasteiger partial charge on any atom is 0.253 e. The van der Waals surface area contributed by atoms with Crippen molar-refractivity contribution in [3.8, 4) is 0 Å². The maximum atomic E-state index is 12.2. The minimum absolute atomic E-state index is 0.131. The van der Waals surface area contributed by atoms with Gasteiger partial charge in [0.05, 0.1) is 12.1 Å². The third-order valence-corrected chi connectivity index (χ3v) is 5.02. The molecule has 124 valence electrons. The summed E-state index contributed by atoms with van der Waals surface area (Å²) in [5.41, 5.74) is 1.39. The molecule has 0 aliphatic rings. The summed E-state index contributed by atoms with van der Waals surface area (Å²) >= 11 is 2.87. The monoisotopic (exact) mass is 361 g/mol.